The molecule has 8 aromatic heterocycles. The van der Waals surface area contributed by atoms with E-state index in [1.54, 1.807) is 0 Å². The lowest BCUT2D eigenvalue weighted by Crippen LogP contribution is -2.20. The van der Waals surface area contributed by atoms with Gasteiger partial charge in [0.15, 0.2) is 0 Å². The summed E-state index contributed by atoms with van der Waals surface area (Å²) in [6, 6.07) is 14.6. The molecule has 0 aliphatic rings. The number of nitrogens with zero attached hydrogens (tertiary/aromatic N) is 4. The molecule has 0 aliphatic carbocycles. The topological polar surface area (TPSA) is 118 Å². The van der Waals surface area contributed by atoms with Gasteiger partial charge in [0.25, 0.3) is 0 Å². The van der Waals surface area contributed by atoms with Crippen LogP contribution in [0.4, 0.5) is 68.2 Å². The first kappa shape index (κ1) is 63.5. The molecule has 0 bridgehead atoms. The molecule has 4 aromatic carbocycles. The van der Waals surface area contributed by atoms with E-state index in [-0.39, 0.29) is 0 Å². The predicted octanol–water partition coefficient (Wildman–Crippen LogP) is 24.2. The van der Waals surface area contributed by atoms with Crippen LogP contribution in [0.15, 0.2) is 122 Å². The highest BCUT2D eigenvalue weighted by Gasteiger charge is 2.38. The van der Waals surface area contributed by atoms with Crippen molar-refractivity contribution in [1.82, 2.24) is 0 Å². The first-order valence-corrected chi connectivity index (χ1v) is 34.7. The Labute approximate surface area is 543 Å². The van der Waals surface area contributed by atoms with Crippen LogP contribution in [0.25, 0.3) is 32.3 Å². The maximum atomic E-state index is 6.75. The molecule has 0 radical (unpaired) electrons. The minimum Gasteiger partial charge on any atom is -0.467 e. The average molecular weight is 1240 g/mol. The van der Waals surface area contributed by atoms with Crippen molar-refractivity contribution in [1.29, 1.82) is 0 Å². The summed E-state index contributed by atoms with van der Waals surface area (Å²) in [5, 5.41) is 6.53. The molecule has 12 rings (SSSR count). The molecule has 0 saturated heterocycles. The number of aryl methyl sites for hydroxylation is 16. The Hall–Kier alpha value is -8.64. The van der Waals surface area contributed by atoms with Gasteiger partial charge < -0.3 is 54.9 Å². The SMILES string of the molecule is CCc1coc(CC)c1N(c1c(CC)coc1CC)c1cc(N(c2c(CC)coc2CC)c2c(CC)coc2CC)c2ccc3c(N(c4c(CC)coc4CC)c4c(CC)coc4CC)cc(N(c4c(CC)coc4CC)c4c(CC)coc4CC)c4ccc1c2c43. The zero-order valence-electron chi connectivity index (χ0n) is 57.5. The summed E-state index contributed by atoms with van der Waals surface area (Å²) in [5.74, 6) is 7.29. The van der Waals surface area contributed by atoms with Gasteiger partial charge in [-0.3, -0.25) is 0 Å². The molecule has 12 nitrogen and oxygen atoms in total. The minimum atomic E-state index is 0.682. The molecule has 0 fully saturated rings. The Kier molecular flexibility index (Phi) is 18.3. The molecule has 0 amide bonds. The van der Waals surface area contributed by atoms with Crippen LogP contribution < -0.4 is 19.6 Å². The lowest BCUT2D eigenvalue weighted by Gasteiger charge is -2.35. The van der Waals surface area contributed by atoms with E-state index >= 15 is 0 Å². The number of hydrogen-bond donors (Lipinski definition) is 0. The molecule has 8 heterocycles. The van der Waals surface area contributed by atoms with Gasteiger partial charge >= 0.3 is 0 Å². The Morgan fingerprint density at radius 3 is 0.467 bits per heavy atom. The van der Waals surface area contributed by atoms with Crippen LogP contribution in [0.2, 0.25) is 0 Å². The van der Waals surface area contributed by atoms with Crippen molar-refractivity contribution in [3.8, 4) is 0 Å². The van der Waals surface area contributed by atoms with Crippen molar-refractivity contribution in [2.24, 2.45) is 0 Å². The van der Waals surface area contributed by atoms with Crippen LogP contribution in [0.1, 0.15) is 201 Å². The lowest BCUT2D eigenvalue weighted by molar-refractivity contribution is 0.512. The van der Waals surface area contributed by atoms with Crippen molar-refractivity contribution in [2.45, 2.75) is 214 Å². The summed E-state index contributed by atoms with van der Waals surface area (Å²) in [6.45, 7) is 35.5. The van der Waals surface area contributed by atoms with Gasteiger partial charge in [0.2, 0.25) is 0 Å². The molecular formula is C80H94N4O8. The molecule has 0 saturated carbocycles. The maximum absolute atomic E-state index is 6.75. The molecule has 0 aliphatic heterocycles. The van der Waals surface area contributed by atoms with E-state index in [1.165, 1.54) is 0 Å². The fraction of sp³-hybridized carbons (Fsp3) is 0.400. The van der Waals surface area contributed by atoms with Crippen molar-refractivity contribution >= 4 is 101 Å². The molecule has 12 aromatic rings. The third-order valence-electron chi connectivity index (χ3n) is 19.5. The summed E-state index contributed by atoms with van der Waals surface area (Å²) in [6.07, 6.45) is 27.3. The quantitative estimate of drug-likeness (QED) is 0.0435. The number of benzene rings is 4. The number of rotatable bonds is 28. The van der Waals surface area contributed by atoms with Crippen molar-refractivity contribution in [2.75, 3.05) is 19.6 Å². The third-order valence-corrected chi connectivity index (χ3v) is 19.5. The number of furan rings is 8. The fourth-order valence-corrected chi connectivity index (χ4v) is 14.7. The van der Waals surface area contributed by atoms with Crippen LogP contribution in [-0.4, -0.2) is 0 Å². The van der Waals surface area contributed by atoms with E-state index in [0.717, 1.165) is 243 Å². The van der Waals surface area contributed by atoms with Crippen molar-refractivity contribution < 1.29 is 35.3 Å². The average Bonchev–Trinajstić information content (AvgIpc) is 1.16. The summed E-state index contributed by atoms with van der Waals surface area (Å²) < 4.78 is 54.0. The van der Waals surface area contributed by atoms with Gasteiger partial charge in [-0.15, -0.1) is 0 Å². The smallest absolute Gasteiger partial charge is 0.127 e. The van der Waals surface area contributed by atoms with E-state index in [2.05, 4.69) is 167 Å². The van der Waals surface area contributed by atoms with E-state index < -0.39 is 0 Å². The van der Waals surface area contributed by atoms with Gasteiger partial charge in [-0.25, -0.2) is 0 Å². The van der Waals surface area contributed by atoms with E-state index in [1.807, 2.05) is 50.1 Å². The second-order valence-electron chi connectivity index (χ2n) is 24.2. The lowest BCUT2D eigenvalue weighted by atomic mass is 9.88. The van der Waals surface area contributed by atoms with Gasteiger partial charge in [0, 0.05) is 128 Å². The van der Waals surface area contributed by atoms with Crippen LogP contribution in [0.3, 0.4) is 0 Å². The Bertz CT molecular complexity index is 3620. The van der Waals surface area contributed by atoms with Crippen LogP contribution in [0.5, 0.6) is 0 Å². The van der Waals surface area contributed by atoms with E-state index in [9.17, 15) is 0 Å². The summed E-state index contributed by atoms with van der Waals surface area (Å²) in [7, 11) is 0. The van der Waals surface area contributed by atoms with Crippen LogP contribution >= 0.6 is 0 Å². The normalized spacial score (nSPS) is 12.0. The van der Waals surface area contributed by atoms with E-state index in [4.69, 9.17) is 35.3 Å². The minimum absolute atomic E-state index is 0.682. The van der Waals surface area contributed by atoms with Crippen LogP contribution in [-0.2, 0) is 103 Å². The molecular weight excluding hydrogens is 1140 g/mol. The van der Waals surface area contributed by atoms with Gasteiger partial charge in [0.1, 0.15) is 46.1 Å². The Morgan fingerprint density at radius 1 is 0.207 bits per heavy atom. The molecule has 0 unspecified atom stereocenters. The van der Waals surface area contributed by atoms with E-state index in [0.29, 0.717) is 51.4 Å². The maximum Gasteiger partial charge on any atom is 0.127 e. The molecule has 0 N–H and O–H groups in total. The highest BCUT2D eigenvalue weighted by Crippen LogP contribution is 2.59. The largest absolute Gasteiger partial charge is 0.467 e. The molecule has 482 valence electrons. The van der Waals surface area contributed by atoms with Gasteiger partial charge in [-0.2, -0.15) is 0 Å². The Morgan fingerprint density at radius 2 is 0.348 bits per heavy atom. The summed E-state index contributed by atoms with van der Waals surface area (Å²) in [4.78, 5) is 10.1. The second-order valence-corrected chi connectivity index (χ2v) is 24.2. The molecule has 0 spiro atoms. The monoisotopic (exact) mass is 1240 g/mol. The van der Waals surface area contributed by atoms with Crippen LogP contribution in [0, 0.1) is 0 Å². The third kappa shape index (κ3) is 9.99. The summed E-state index contributed by atoms with van der Waals surface area (Å²) in [5.41, 5.74) is 21.3. The van der Waals surface area contributed by atoms with Crippen molar-refractivity contribution in [3.05, 3.63) is 177 Å². The number of hydrogen-bond acceptors (Lipinski definition) is 12. The first-order valence-electron chi connectivity index (χ1n) is 34.7. The van der Waals surface area contributed by atoms with Gasteiger partial charge in [-0.1, -0.05) is 135 Å². The fourth-order valence-electron chi connectivity index (χ4n) is 14.7. The van der Waals surface area contributed by atoms with Gasteiger partial charge in [-0.05, 0) is 63.5 Å². The second kappa shape index (κ2) is 26.5. The standard InChI is InChI=1S/C80H94N4O8/c1-17-47-39-85-63(25-9)73(47)81(74-48(18-2)40-86-64(74)26-10)59-37-60(82(75-49(19-3)41-87-65(75)27-11)76-50(20-4)42-88-66(76)28-12)56-35-36-58-62(84(79-53(23-7)45-91-69(79)31-15)80-54(24-8)46-92-70(80)32-16)38-61(57-34-33-55(59)71(56)72(57)58)83(77-51(21-5)43-89-67(77)29-13)78-52(22-6)44-90-68(78)30-14/h33-46H,17-32H2,1-16H3. The highest BCUT2D eigenvalue weighted by atomic mass is 16.4. The van der Waals surface area contributed by atoms with Gasteiger partial charge in [0.05, 0.1) is 118 Å². The summed E-state index contributed by atoms with van der Waals surface area (Å²) >= 11 is 0. The van der Waals surface area contributed by atoms with Crippen molar-refractivity contribution in [3.63, 3.8) is 0 Å². The number of anilines is 12. The zero-order chi connectivity index (χ0) is 64.8. The first-order chi connectivity index (χ1) is 45.0. The zero-order valence-corrected chi connectivity index (χ0v) is 57.5. The molecule has 92 heavy (non-hydrogen) atoms. The predicted molar refractivity (Wildman–Crippen MR) is 377 cm³/mol. The molecule has 12 heteroatoms. The Balaban J connectivity index is 1.40. The molecule has 0 atom stereocenters. The highest BCUT2D eigenvalue weighted by molar-refractivity contribution is 6.33.